The van der Waals surface area contributed by atoms with E-state index in [1.165, 1.54) is 0 Å². The molecule has 0 aromatic heterocycles. The Morgan fingerprint density at radius 2 is 1.93 bits per heavy atom. The molecular weight excluding hydrogens is 376 g/mol. The number of urea groups is 1. The van der Waals surface area contributed by atoms with Crippen LogP contribution in [0.25, 0.3) is 0 Å². The van der Waals surface area contributed by atoms with Crippen LogP contribution in [-0.4, -0.2) is 41.1 Å². The van der Waals surface area contributed by atoms with Gasteiger partial charge < -0.3 is 10.1 Å². The van der Waals surface area contributed by atoms with E-state index < -0.39 is 17.5 Å². The van der Waals surface area contributed by atoms with Crippen LogP contribution in [0.3, 0.4) is 0 Å². The molecule has 3 rings (SSSR count). The maximum absolute atomic E-state index is 13.0. The lowest BCUT2D eigenvalue weighted by Crippen LogP contribution is -2.54. The highest BCUT2D eigenvalue weighted by Crippen LogP contribution is 2.46. The van der Waals surface area contributed by atoms with Crippen LogP contribution in [0, 0.1) is 11.3 Å². The lowest BCUT2D eigenvalue weighted by molar-refractivity contribution is -0.149. The molecule has 28 heavy (non-hydrogen) atoms. The molecule has 1 aromatic carbocycles. The van der Waals surface area contributed by atoms with Crippen LogP contribution in [0.5, 0.6) is 0 Å². The monoisotopic (exact) mass is 404 g/mol. The van der Waals surface area contributed by atoms with Crippen molar-refractivity contribution in [2.24, 2.45) is 11.3 Å². The second kappa shape index (κ2) is 7.78. The molecule has 1 N–H and O–H groups in total. The average molecular weight is 405 g/mol. The standard InChI is InChI=1S/C21H28N2O4S/c1-14-9-20(2,3)13-21(10-14)18(25)23(19(26)22-21)11-17(24)27-12-15-5-7-16(28-4)8-6-15/h5-8,14H,9-13H2,1-4H3,(H,22,26). The van der Waals surface area contributed by atoms with Crippen molar-refractivity contribution in [2.75, 3.05) is 12.8 Å². The normalized spacial score (nSPS) is 26.4. The molecule has 1 saturated carbocycles. The molecule has 1 spiro atoms. The van der Waals surface area contributed by atoms with Crippen molar-refractivity contribution in [3.63, 3.8) is 0 Å². The molecule has 2 aliphatic rings. The molecule has 2 atom stereocenters. The van der Waals surface area contributed by atoms with Gasteiger partial charge in [0.25, 0.3) is 5.91 Å². The van der Waals surface area contributed by atoms with E-state index in [0.717, 1.165) is 21.8 Å². The summed E-state index contributed by atoms with van der Waals surface area (Å²) in [6.07, 6.45) is 4.19. The number of rotatable bonds is 5. The van der Waals surface area contributed by atoms with E-state index in [-0.39, 0.29) is 24.5 Å². The fraction of sp³-hybridized carbons (Fsp3) is 0.571. The summed E-state index contributed by atoms with van der Waals surface area (Å²) in [5, 5.41) is 2.87. The first-order valence-electron chi connectivity index (χ1n) is 9.57. The summed E-state index contributed by atoms with van der Waals surface area (Å²) in [6, 6.07) is 7.21. The Labute approximate surface area is 170 Å². The third-order valence-corrected chi connectivity index (χ3v) is 6.21. The number of nitrogens with zero attached hydrogens (tertiary/aromatic N) is 1. The zero-order chi connectivity index (χ0) is 20.5. The predicted octanol–water partition coefficient (Wildman–Crippen LogP) is 3.59. The van der Waals surface area contributed by atoms with Gasteiger partial charge in [-0.3, -0.25) is 14.5 Å². The Kier molecular flexibility index (Phi) is 5.75. The van der Waals surface area contributed by atoms with Crippen molar-refractivity contribution in [1.82, 2.24) is 10.2 Å². The molecule has 1 aromatic rings. The first-order chi connectivity index (χ1) is 13.1. The van der Waals surface area contributed by atoms with Crippen LogP contribution < -0.4 is 5.32 Å². The van der Waals surface area contributed by atoms with Gasteiger partial charge in [-0.25, -0.2) is 4.79 Å². The first-order valence-corrected chi connectivity index (χ1v) is 10.8. The number of thioether (sulfide) groups is 1. The molecule has 1 aliphatic carbocycles. The van der Waals surface area contributed by atoms with Gasteiger partial charge in [-0.05, 0) is 54.5 Å². The van der Waals surface area contributed by atoms with Crippen molar-refractivity contribution in [1.29, 1.82) is 0 Å². The number of ether oxygens (including phenoxy) is 1. The van der Waals surface area contributed by atoms with Gasteiger partial charge in [0.1, 0.15) is 18.7 Å². The van der Waals surface area contributed by atoms with Gasteiger partial charge in [0, 0.05) is 4.90 Å². The molecular formula is C21H28N2O4S. The van der Waals surface area contributed by atoms with Crippen LogP contribution in [0.2, 0.25) is 0 Å². The van der Waals surface area contributed by atoms with Gasteiger partial charge in [0.15, 0.2) is 0 Å². The number of hydrogen-bond donors (Lipinski definition) is 1. The largest absolute Gasteiger partial charge is 0.459 e. The van der Waals surface area contributed by atoms with E-state index in [9.17, 15) is 14.4 Å². The second-order valence-electron chi connectivity index (χ2n) is 8.77. The Morgan fingerprint density at radius 1 is 1.25 bits per heavy atom. The minimum atomic E-state index is -0.897. The third kappa shape index (κ3) is 4.35. The number of hydrogen-bond acceptors (Lipinski definition) is 5. The molecule has 0 radical (unpaired) electrons. The highest BCUT2D eigenvalue weighted by Gasteiger charge is 2.56. The second-order valence-corrected chi connectivity index (χ2v) is 9.65. The van der Waals surface area contributed by atoms with Gasteiger partial charge in [-0.15, -0.1) is 11.8 Å². The minimum Gasteiger partial charge on any atom is -0.459 e. The molecule has 6 nitrogen and oxygen atoms in total. The Morgan fingerprint density at radius 3 is 2.54 bits per heavy atom. The number of carbonyl (C=O) groups is 3. The zero-order valence-electron chi connectivity index (χ0n) is 16.9. The van der Waals surface area contributed by atoms with Crippen LogP contribution >= 0.6 is 11.8 Å². The summed E-state index contributed by atoms with van der Waals surface area (Å²) in [7, 11) is 0. The Bertz CT molecular complexity index is 777. The fourth-order valence-corrected chi connectivity index (χ4v) is 5.12. The van der Waals surface area contributed by atoms with Crippen molar-refractivity contribution in [3.05, 3.63) is 29.8 Å². The number of esters is 1. The number of imide groups is 1. The van der Waals surface area contributed by atoms with E-state index in [1.807, 2.05) is 30.5 Å². The quantitative estimate of drug-likeness (QED) is 0.461. The van der Waals surface area contributed by atoms with Crippen molar-refractivity contribution in [3.8, 4) is 0 Å². The molecule has 1 saturated heterocycles. The molecule has 2 unspecified atom stereocenters. The SMILES string of the molecule is CSc1ccc(COC(=O)CN2C(=O)NC3(CC(C)CC(C)(C)C3)C2=O)cc1. The lowest BCUT2D eigenvalue weighted by Gasteiger charge is -2.43. The highest BCUT2D eigenvalue weighted by molar-refractivity contribution is 7.98. The van der Waals surface area contributed by atoms with Crippen LogP contribution in [0.4, 0.5) is 4.79 Å². The average Bonchev–Trinajstić information content (AvgIpc) is 2.82. The minimum absolute atomic E-state index is 0.0416. The smallest absolute Gasteiger partial charge is 0.326 e. The lowest BCUT2D eigenvalue weighted by atomic mass is 9.64. The van der Waals surface area contributed by atoms with E-state index in [1.54, 1.807) is 11.8 Å². The van der Waals surface area contributed by atoms with Crippen LogP contribution in [0.15, 0.2) is 29.2 Å². The van der Waals surface area contributed by atoms with Gasteiger partial charge >= 0.3 is 12.0 Å². The summed E-state index contributed by atoms with van der Waals surface area (Å²) in [5.74, 6) is -0.569. The summed E-state index contributed by atoms with van der Waals surface area (Å²) < 4.78 is 5.28. The molecule has 1 aliphatic heterocycles. The van der Waals surface area contributed by atoms with E-state index >= 15 is 0 Å². The van der Waals surface area contributed by atoms with Crippen molar-refractivity contribution >= 4 is 29.7 Å². The summed E-state index contributed by atoms with van der Waals surface area (Å²) >= 11 is 1.64. The van der Waals surface area contributed by atoms with E-state index in [4.69, 9.17) is 4.74 Å². The molecule has 152 valence electrons. The van der Waals surface area contributed by atoms with Gasteiger partial charge in [0.05, 0.1) is 0 Å². The number of carbonyl (C=O) groups excluding carboxylic acids is 3. The molecule has 7 heteroatoms. The Hall–Kier alpha value is -2.02. The number of nitrogens with one attached hydrogen (secondary N) is 1. The highest BCUT2D eigenvalue weighted by atomic mass is 32.2. The summed E-state index contributed by atoms with van der Waals surface area (Å²) in [6.45, 7) is 6.09. The number of amides is 3. The maximum atomic E-state index is 13.0. The van der Waals surface area contributed by atoms with Gasteiger partial charge in [-0.2, -0.15) is 0 Å². The molecule has 2 fully saturated rings. The first kappa shape index (κ1) is 20.7. The van der Waals surface area contributed by atoms with Crippen LogP contribution in [0.1, 0.15) is 45.6 Å². The van der Waals surface area contributed by atoms with E-state index in [0.29, 0.717) is 18.8 Å². The van der Waals surface area contributed by atoms with E-state index in [2.05, 4.69) is 26.1 Å². The Balaban J connectivity index is 1.61. The van der Waals surface area contributed by atoms with Crippen molar-refractivity contribution < 1.29 is 19.1 Å². The maximum Gasteiger partial charge on any atom is 0.326 e. The fourth-order valence-electron chi connectivity index (χ4n) is 4.71. The summed E-state index contributed by atoms with van der Waals surface area (Å²) in [4.78, 5) is 39.9. The zero-order valence-corrected chi connectivity index (χ0v) is 17.7. The number of benzene rings is 1. The van der Waals surface area contributed by atoms with Gasteiger partial charge in [-0.1, -0.05) is 32.9 Å². The van der Waals surface area contributed by atoms with Crippen LogP contribution in [-0.2, 0) is 20.9 Å². The van der Waals surface area contributed by atoms with Gasteiger partial charge in [0.2, 0.25) is 0 Å². The predicted molar refractivity (Wildman–Crippen MR) is 108 cm³/mol. The molecule has 3 amide bonds. The summed E-state index contributed by atoms with van der Waals surface area (Å²) in [5.41, 5.74) is -0.0747. The molecule has 1 heterocycles. The molecule has 0 bridgehead atoms. The third-order valence-electron chi connectivity index (χ3n) is 5.47. The van der Waals surface area contributed by atoms with Crippen molar-refractivity contribution in [2.45, 2.75) is 57.1 Å². The topological polar surface area (TPSA) is 75.7 Å².